The summed E-state index contributed by atoms with van der Waals surface area (Å²) in [6.45, 7) is 0.727. The van der Waals surface area contributed by atoms with Crippen molar-refractivity contribution in [1.29, 1.82) is 0 Å². The van der Waals surface area contributed by atoms with Gasteiger partial charge in [-0.2, -0.15) is 0 Å². The SMILES string of the molecule is O=C(c1cccc(Cl)c1)[C@H](Cc1ccc(Cl)cc1)[C@@H]1CCCO1. The average molecular weight is 349 g/mol. The molecule has 2 aromatic rings. The number of Topliss-reactive ketones (excluding diaryl/α,β-unsaturated/α-hetero) is 1. The predicted octanol–water partition coefficient (Wildman–Crippen LogP) is 5.21. The zero-order valence-corrected chi connectivity index (χ0v) is 14.2. The van der Waals surface area contributed by atoms with E-state index in [2.05, 4.69) is 0 Å². The molecule has 1 fully saturated rings. The number of rotatable bonds is 5. The van der Waals surface area contributed by atoms with Crippen LogP contribution >= 0.6 is 23.2 Å². The summed E-state index contributed by atoms with van der Waals surface area (Å²) in [4.78, 5) is 13.0. The lowest BCUT2D eigenvalue weighted by Gasteiger charge is -2.22. The van der Waals surface area contributed by atoms with Crippen molar-refractivity contribution in [3.8, 4) is 0 Å². The molecule has 0 spiro atoms. The third-order valence-electron chi connectivity index (χ3n) is 4.23. The lowest BCUT2D eigenvalue weighted by atomic mass is 9.86. The van der Waals surface area contributed by atoms with Crippen LogP contribution in [0.5, 0.6) is 0 Å². The molecule has 0 bridgehead atoms. The normalized spacial score (nSPS) is 18.8. The maximum Gasteiger partial charge on any atom is 0.168 e. The van der Waals surface area contributed by atoms with Crippen LogP contribution in [0.15, 0.2) is 48.5 Å². The van der Waals surface area contributed by atoms with Crippen LogP contribution in [0, 0.1) is 5.92 Å². The predicted molar refractivity (Wildman–Crippen MR) is 93.4 cm³/mol. The van der Waals surface area contributed by atoms with Crippen molar-refractivity contribution in [1.82, 2.24) is 0 Å². The van der Waals surface area contributed by atoms with E-state index < -0.39 is 0 Å². The molecule has 1 aliphatic heterocycles. The fourth-order valence-electron chi connectivity index (χ4n) is 3.04. The Balaban J connectivity index is 1.85. The minimum absolute atomic E-state index is 0.0304. The fraction of sp³-hybridized carbons (Fsp3) is 0.316. The smallest absolute Gasteiger partial charge is 0.168 e. The Bertz CT molecular complexity index is 676. The molecule has 0 saturated carbocycles. The molecule has 0 unspecified atom stereocenters. The molecule has 2 aromatic carbocycles. The third kappa shape index (κ3) is 4.14. The fourth-order valence-corrected chi connectivity index (χ4v) is 3.36. The number of benzene rings is 2. The van der Waals surface area contributed by atoms with Crippen molar-refractivity contribution in [3.05, 3.63) is 69.7 Å². The van der Waals surface area contributed by atoms with E-state index in [1.54, 1.807) is 12.1 Å². The Kier molecular flexibility index (Phi) is 5.37. The number of carbonyl (C=O) groups is 1. The zero-order chi connectivity index (χ0) is 16.2. The first-order valence-corrected chi connectivity index (χ1v) is 8.55. The van der Waals surface area contributed by atoms with Crippen LogP contribution < -0.4 is 0 Å². The van der Waals surface area contributed by atoms with Crippen molar-refractivity contribution >= 4 is 29.0 Å². The van der Waals surface area contributed by atoms with Crippen molar-refractivity contribution in [2.45, 2.75) is 25.4 Å². The molecular formula is C19H18Cl2O2. The Hall–Kier alpha value is -1.35. The quantitative estimate of drug-likeness (QED) is 0.693. The monoisotopic (exact) mass is 348 g/mol. The van der Waals surface area contributed by atoms with Crippen LogP contribution in [-0.4, -0.2) is 18.5 Å². The van der Waals surface area contributed by atoms with Gasteiger partial charge >= 0.3 is 0 Å². The van der Waals surface area contributed by atoms with Gasteiger partial charge in [-0.3, -0.25) is 4.79 Å². The van der Waals surface area contributed by atoms with Crippen LogP contribution in [0.1, 0.15) is 28.8 Å². The number of halogens is 2. The van der Waals surface area contributed by atoms with Crippen molar-refractivity contribution < 1.29 is 9.53 Å². The molecule has 0 amide bonds. The maximum absolute atomic E-state index is 13.0. The van der Waals surface area contributed by atoms with E-state index >= 15 is 0 Å². The first-order valence-electron chi connectivity index (χ1n) is 7.79. The number of ether oxygens (including phenoxy) is 1. The molecule has 0 N–H and O–H groups in total. The van der Waals surface area contributed by atoms with Crippen LogP contribution in [0.2, 0.25) is 10.0 Å². The summed E-state index contributed by atoms with van der Waals surface area (Å²) in [5.74, 6) is -0.105. The van der Waals surface area contributed by atoms with Crippen LogP contribution in [0.3, 0.4) is 0 Å². The molecule has 2 atom stereocenters. The van der Waals surface area contributed by atoms with E-state index in [0.717, 1.165) is 25.0 Å². The summed E-state index contributed by atoms with van der Waals surface area (Å²) in [5.41, 5.74) is 1.73. The van der Waals surface area contributed by atoms with Gasteiger partial charge in [0.2, 0.25) is 0 Å². The molecule has 1 saturated heterocycles. The van der Waals surface area contributed by atoms with Crippen LogP contribution in [-0.2, 0) is 11.2 Å². The van der Waals surface area contributed by atoms with E-state index in [9.17, 15) is 4.79 Å². The molecular weight excluding hydrogens is 331 g/mol. The second-order valence-electron chi connectivity index (χ2n) is 5.86. The summed E-state index contributed by atoms with van der Waals surface area (Å²) < 4.78 is 5.80. The number of carbonyl (C=O) groups excluding carboxylic acids is 1. The number of hydrogen-bond donors (Lipinski definition) is 0. The van der Waals surface area contributed by atoms with Crippen molar-refractivity contribution in [2.75, 3.05) is 6.61 Å². The molecule has 0 aromatic heterocycles. The molecule has 2 nitrogen and oxygen atoms in total. The minimum atomic E-state index is -0.197. The maximum atomic E-state index is 13.0. The summed E-state index contributed by atoms with van der Waals surface area (Å²) in [6.07, 6.45) is 2.54. The zero-order valence-electron chi connectivity index (χ0n) is 12.7. The first kappa shape index (κ1) is 16.5. The van der Waals surface area contributed by atoms with E-state index in [1.807, 2.05) is 36.4 Å². The highest BCUT2D eigenvalue weighted by Crippen LogP contribution is 2.28. The molecule has 4 heteroatoms. The number of hydrogen-bond acceptors (Lipinski definition) is 2. The van der Waals surface area contributed by atoms with Crippen LogP contribution in [0.25, 0.3) is 0 Å². The van der Waals surface area contributed by atoms with Gasteiger partial charge in [0.15, 0.2) is 5.78 Å². The summed E-state index contributed by atoms with van der Waals surface area (Å²) in [6, 6.07) is 14.8. The van der Waals surface area contributed by atoms with Gasteiger partial charge in [0.25, 0.3) is 0 Å². The highest BCUT2D eigenvalue weighted by atomic mass is 35.5. The summed E-state index contributed by atoms with van der Waals surface area (Å²) >= 11 is 12.0. The lowest BCUT2D eigenvalue weighted by molar-refractivity contribution is 0.0509. The van der Waals surface area contributed by atoms with E-state index in [-0.39, 0.29) is 17.8 Å². The Morgan fingerprint density at radius 3 is 2.57 bits per heavy atom. The molecule has 120 valence electrons. The lowest BCUT2D eigenvalue weighted by Crippen LogP contribution is -2.30. The largest absolute Gasteiger partial charge is 0.377 e. The molecule has 23 heavy (non-hydrogen) atoms. The molecule has 3 rings (SSSR count). The Morgan fingerprint density at radius 2 is 1.91 bits per heavy atom. The number of ketones is 1. The van der Waals surface area contributed by atoms with Gasteiger partial charge < -0.3 is 4.74 Å². The van der Waals surface area contributed by atoms with Gasteiger partial charge in [-0.25, -0.2) is 0 Å². The first-order chi connectivity index (χ1) is 11.1. The van der Waals surface area contributed by atoms with E-state index in [4.69, 9.17) is 27.9 Å². The van der Waals surface area contributed by atoms with Gasteiger partial charge in [0, 0.05) is 22.2 Å². The van der Waals surface area contributed by atoms with Gasteiger partial charge in [0.1, 0.15) is 0 Å². The average Bonchev–Trinajstić information content (AvgIpc) is 3.08. The highest BCUT2D eigenvalue weighted by Gasteiger charge is 2.32. The topological polar surface area (TPSA) is 26.3 Å². The second kappa shape index (κ2) is 7.48. The van der Waals surface area contributed by atoms with E-state index in [0.29, 0.717) is 22.0 Å². The van der Waals surface area contributed by atoms with Crippen molar-refractivity contribution in [3.63, 3.8) is 0 Å². The Labute approximate surface area is 146 Å². The van der Waals surface area contributed by atoms with Crippen molar-refractivity contribution in [2.24, 2.45) is 5.92 Å². The molecule has 1 heterocycles. The second-order valence-corrected chi connectivity index (χ2v) is 6.74. The summed E-state index contributed by atoms with van der Waals surface area (Å²) in [7, 11) is 0. The highest BCUT2D eigenvalue weighted by molar-refractivity contribution is 6.31. The third-order valence-corrected chi connectivity index (χ3v) is 4.72. The Morgan fingerprint density at radius 1 is 1.13 bits per heavy atom. The molecule has 0 aliphatic carbocycles. The van der Waals surface area contributed by atoms with Crippen LogP contribution in [0.4, 0.5) is 0 Å². The molecule has 1 aliphatic rings. The standard InChI is InChI=1S/C19H18Cl2O2/c20-15-8-6-13(7-9-15)11-17(18-5-2-10-23-18)19(22)14-3-1-4-16(21)12-14/h1,3-4,6-9,12,17-18H,2,5,10-11H2/t17-,18+/m1/s1. The summed E-state index contributed by atoms with van der Waals surface area (Å²) in [5, 5.41) is 1.28. The molecule has 0 radical (unpaired) electrons. The van der Waals surface area contributed by atoms with Gasteiger partial charge in [-0.15, -0.1) is 0 Å². The van der Waals surface area contributed by atoms with Gasteiger partial charge in [-0.1, -0.05) is 47.5 Å². The van der Waals surface area contributed by atoms with Gasteiger partial charge in [-0.05, 0) is 49.1 Å². The van der Waals surface area contributed by atoms with E-state index in [1.165, 1.54) is 0 Å². The van der Waals surface area contributed by atoms with Gasteiger partial charge in [0.05, 0.1) is 12.0 Å². The minimum Gasteiger partial charge on any atom is -0.377 e.